The summed E-state index contributed by atoms with van der Waals surface area (Å²) in [6, 6.07) is 15.0. The van der Waals surface area contributed by atoms with Gasteiger partial charge in [0.2, 0.25) is 10.0 Å². The molecule has 0 spiro atoms. The van der Waals surface area contributed by atoms with Crippen molar-refractivity contribution in [3.05, 3.63) is 78.4 Å². The van der Waals surface area contributed by atoms with Crippen LogP contribution in [-0.2, 0) is 24.6 Å². The Morgan fingerprint density at radius 2 is 1.83 bits per heavy atom. The summed E-state index contributed by atoms with van der Waals surface area (Å²) in [5.41, 5.74) is 6.19. The van der Waals surface area contributed by atoms with Crippen LogP contribution in [0.1, 0.15) is 5.56 Å². The molecular weight excluding hydrogens is 492 g/mol. The number of sulfonamides is 1. The van der Waals surface area contributed by atoms with Crippen LogP contribution in [-0.4, -0.2) is 72.0 Å². The van der Waals surface area contributed by atoms with Crippen LogP contribution in [0.25, 0.3) is 5.57 Å². The third-order valence-electron chi connectivity index (χ3n) is 5.80. The van der Waals surface area contributed by atoms with Crippen LogP contribution < -0.4 is 15.2 Å². The van der Waals surface area contributed by atoms with E-state index in [9.17, 15) is 21.9 Å². The van der Waals surface area contributed by atoms with Gasteiger partial charge in [0.25, 0.3) is 0 Å². The van der Waals surface area contributed by atoms with Crippen LogP contribution in [0.5, 0.6) is 5.75 Å². The molecule has 3 rings (SSSR count). The molecule has 0 saturated heterocycles. The molecule has 0 aliphatic heterocycles. The lowest BCUT2D eigenvalue weighted by Crippen LogP contribution is -2.54. The topological polar surface area (TPSA) is 145 Å². The van der Waals surface area contributed by atoms with Gasteiger partial charge in [-0.1, -0.05) is 48.6 Å². The van der Waals surface area contributed by atoms with Gasteiger partial charge in [0.1, 0.15) is 29.3 Å². The lowest BCUT2D eigenvalue weighted by Gasteiger charge is -2.37. The number of hydrogen-bond acceptors (Lipinski definition) is 8. The molecule has 190 valence electrons. The van der Waals surface area contributed by atoms with E-state index < -0.39 is 42.6 Å². The van der Waals surface area contributed by atoms with Gasteiger partial charge in [0, 0.05) is 19.7 Å². The number of benzene rings is 2. The minimum absolute atomic E-state index is 0.0139. The maximum atomic E-state index is 13.4. The molecule has 0 amide bonds. The number of ether oxygens (including phenoxy) is 2. The predicted octanol–water partition coefficient (Wildman–Crippen LogP) is 1.12. The molecule has 11 heteroatoms. The number of rotatable bonds is 11. The van der Waals surface area contributed by atoms with E-state index >= 15 is 0 Å². The maximum Gasteiger partial charge on any atom is 0.240 e. The molecule has 1 aliphatic rings. The van der Waals surface area contributed by atoms with E-state index in [4.69, 9.17) is 15.2 Å². The summed E-state index contributed by atoms with van der Waals surface area (Å²) in [5, 5.41) is 9.37. The first-order valence-electron chi connectivity index (χ1n) is 10.8. The first-order valence-corrected chi connectivity index (χ1v) is 14.0. The summed E-state index contributed by atoms with van der Waals surface area (Å²) < 4.78 is 64.1. The fraction of sp³-hybridized carbons (Fsp3) is 0.333. The lowest BCUT2D eigenvalue weighted by atomic mass is 9.89. The van der Waals surface area contributed by atoms with Crippen LogP contribution in [0.15, 0.2) is 77.7 Å². The van der Waals surface area contributed by atoms with E-state index in [2.05, 4.69) is 4.72 Å². The smallest absolute Gasteiger partial charge is 0.240 e. The molecule has 3 atom stereocenters. The van der Waals surface area contributed by atoms with Crippen LogP contribution in [0, 0.1) is 0 Å². The van der Waals surface area contributed by atoms with Gasteiger partial charge in [-0.15, -0.1) is 0 Å². The molecule has 0 radical (unpaired) electrons. The zero-order valence-corrected chi connectivity index (χ0v) is 21.1. The number of nitrogens with two attached hydrogens (primary N) is 1. The van der Waals surface area contributed by atoms with E-state index in [1.165, 1.54) is 38.4 Å². The third-order valence-corrected chi connectivity index (χ3v) is 9.37. The summed E-state index contributed by atoms with van der Waals surface area (Å²) in [6.07, 6.45) is 3.65. The molecule has 0 fully saturated rings. The number of hydrogen-bond donors (Lipinski definition) is 3. The van der Waals surface area contributed by atoms with E-state index in [0.717, 1.165) is 5.56 Å². The van der Waals surface area contributed by atoms with Crippen molar-refractivity contribution in [2.24, 2.45) is 5.73 Å². The molecule has 4 N–H and O–H groups in total. The zero-order chi connectivity index (χ0) is 25.7. The minimum Gasteiger partial charge on any atom is -0.491 e. The molecule has 0 heterocycles. The normalized spacial score (nSPS) is 21.4. The van der Waals surface area contributed by atoms with Crippen LogP contribution in [0.2, 0.25) is 0 Å². The largest absolute Gasteiger partial charge is 0.491 e. The molecule has 0 aromatic heterocycles. The average Bonchev–Trinajstić information content (AvgIpc) is 2.87. The van der Waals surface area contributed by atoms with Crippen LogP contribution in [0.3, 0.4) is 0 Å². The number of methoxy groups -OCH3 is 1. The molecular formula is C24H30N2O7S2. The maximum absolute atomic E-state index is 13.4. The van der Waals surface area contributed by atoms with Crippen molar-refractivity contribution in [2.75, 3.05) is 33.1 Å². The Morgan fingerprint density at radius 1 is 1.11 bits per heavy atom. The Labute approximate surface area is 206 Å². The molecule has 1 aliphatic carbocycles. The van der Waals surface area contributed by atoms with E-state index in [-0.39, 0.29) is 23.8 Å². The number of nitrogens with one attached hydrogen (secondary N) is 1. The number of sulfone groups is 1. The standard InChI is InChI=1S/C24H30N2O7S2/c1-26-35(30,31)22-10-6-9-21(14-22)33-15-20(27)16-34(28,29)23-13-19(18-7-4-3-5-8-18)11-12-24(23,17-25)32-2/h3-14,20,23,26-27H,15-17,25H2,1-2H3/t20-,23?,24?/m0/s1. The van der Waals surface area contributed by atoms with Crippen LogP contribution >= 0.6 is 0 Å². The number of allylic oxidation sites excluding steroid dienone is 2. The van der Waals surface area contributed by atoms with E-state index in [1.807, 2.05) is 30.3 Å². The number of aliphatic hydroxyl groups is 1. The first-order chi connectivity index (χ1) is 16.6. The van der Waals surface area contributed by atoms with Gasteiger partial charge in [-0.2, -0.15) is 0 Å². The SMILES string of the molecule is CNS(=O)(=O)c1cccc(OC[C@H](O)CS(=O)(=O)C2C=C(c3ccccc3)C=CC2(CN)OC)c1. The van der Waals surface area contributed by atoms with Gasteiger partial charge in [0.15, 0.2) is 9.84 Å². The van der Waals surface area contributed by atoms with Crippen molar-refractivity contribution in [3.8, 4) is 5.75 Å². The van der Waals surface area contributed by atoms with Crippen molar-refractivity contribution >= 4 is 25.4 Å². The molecule has 0 bridgehead atoms. The Bertz CT molecular complexity index is 1290. The third kappa shape index (κ3) is 6.18. The van der Waals surface area contributed by atoms with Gasteiger partial charge in [-0.25, -0.2) is 21.6 Å². The lowest BCUT2D eigenvalue weighted by molar-refractivity contribution is 0.0439. The van der Waals surface area contributed by atoms with Crippen molar-refractivity contribution in [3.63, 3.8) is 0 Å². The second-order valence-corrected chi connectivity index (χ2v) is 12.1. The molecule has 2 aromatic rings. The van der Waals surface area contributed by atoms with Crippen LogP contribution in [0.4, 0.5) is 0 Å². The number of aliphatic hydroxyl groups excluding tert-OH is 1. The summed E-state index contributed by atoms with van der Waals surface area (Å²) in [6.45, 7) is -0.440. The Balaban J connectivity index is 1.79. The molecule has 0 saturated carbocycles. The fourth-order valence-corrected chi connectivity index (χ4v) is 6.67. The van der Waals surface area contributed by atoms with Crippen molar-refractivity contribution in [1.82, 2.24) is 4.72 Å². The second kappa shape index (κ2) is 11.0. The summed E-state index contributed by atoms with van der Waals surface area (Å²) in [4.78, 5) is -0.0139. The predicted molar refractivity (Wildman–Crippen MR) is 134 cm³/mol. The second-order valence-electron chi connectivity index (χ2n) is 8.08. The quantitative estimate of drug-likeness (QED) is 0.398. The molecule has 2 aromatic carbocycles. The van der Waals surface area contributed by atoms with Gasteiger partial charge in [-0.05, 0) is 36.4 Å². The Kier molecular flexibility index (Phi) is 8.52. The van der Waals surface area contributed by atoms with Crippen molar-refractivity contribution in [1.29, 1.82) is 0 Å². The highest BCUT2D eigenvalue weighted by atomic mass is 32.2. The van der Waals surface area contributed by atoms with Crippen molar-refractivity contribution in [2.45, 2.75) is 21.9 Å². The van der Waals surface area contributed by atoms with Crippen molar-refractivity contribution < 1.29 is 31.4 Å². The van der Waals surface area contributed by atoms with Gasteiger partial charge < -0.3 is 20.3 Å². The van der Waals surface area contributed by atoms with Gasteiger partial charge in [-0.3, -0.25) is 0 Å². The Morgan fingerprint density at radius 3 is 2.46 bits per heavy atom. The van der Waals surface area contributed by atoms with Gasteiger partial charge in [0.05, 0.1) is 10.6 Å². The summed E-state index contributed by atoms with van der Waals surface area (Å²) in [5.74, 6) is -0.429. The summed E-state index contributed by atoms with van der Waals surface area (Å²) >= 11 is 0. The van der Waals surface area contributed by atoms with E-state index in [1.54, 1.807) is 18.2 Å². The molecule has 9 nitrogen and oxygen atoms in total. The fourth-order valence-electron chi connectivity index (χ4n) is 3.83. The highest BCUT2D eigenvalue weighted by Crippen LogP contribution is 2.33. The van der Waals surface area contributed by atoms with E-state index in [0.29, 0.717) is 5.57 Å². The summed E-state index contributed by atoms with van der Waals surface area (Å²) in [7, 11) is -4.96. The molecule has 2 unspecified atom stereocenters. The average molecular weight is 523 g/mol. The monoisotopic (exact) mass is 522 g/mol. The van der Waals surface area contributed by atoms with Gasteiger partial charge >= 0.3 is 0 Å². The Hall–Kier alpha value is -2.54. The molecule has 35 heavy (non-hydrogen) atoms. The highest BCUT2D eigenvalue weighted by Gasteiger charge is 2.45. The minimum atomic E-state index is -3.96. The first kappa shape index (κ1) is 27.1. The zero-order valence-electron chi connectivity index (χ0n) is 19.5. The highest BCUT2D eigenvalue weighted by molar-refractivity contribution is 7.92.